The monoisotopic (exact) mass is 378 g/mol. The zero-order valence-electron chi connectivity index (χ0n) is 15.2. The average Bonchev–Trinajstić information content (AvgIpc) is 3.18. The van der Waals surface area contributed by atoms with E-state index in [1.807, 2.05) is 42.6 Å². The van der Waals surface area contributed by atoms with Gasteiger partial charge in [-0.2, -0.15) is 0 Å². The molecule has 0 saturated heterocycles. The van der Waals surface area contributed by atoms with Crippen molar-refractivity contribution in [1.29, 1.82) is 0 Å². The number of hydrogen-bond donors (Lipinski definition) is 2. The molecule has 3 aromatic rings. The molecule has 0 radical (unpaired) electrons. The van der Waals surface area contributed by atoms with Crippen LogP contribution in [0, 0.1) is 0 Å². The highest BCUT2D eigenvalue weighted by molar-refractivity contribution is 7.80. The van der Waals surface area contributed by atoms with Crippen LogP contribution >= 0.6 is 12.2 Å². The standard InChI is InChI=1S/C21H22N4OS/c1-26-17-10-9-16(15-7-6-14-23-19(15)17)24-20(27)25-21(11-3-4-12-21)18-8-2-5-13-22-18/h2,5-10,13-14H,3-4,11-12H2,1H3,(H2,24,25,27). The molecule has 2 N–H and O–H groups in total. The van der Waals surface area contributed by atoms with E-state index < -0.39 is 0 Å². The van der Waals surface area contributed by atoms with E-state index in [1.165, 1.54) is 12.8 Å². The van der Waals surface area contributed by atoms with Crippen LogP contribution in [0.15, 0.2) is 54.9 Å². The van der Waals surface area contributed by atoms with Gasteiger partial charge in [0.15, 0.2) is 5.11 Å². The van der Waals surface area contributed by atoms with Crippen molar-refractivity contribution in [3.05, 3.63) is 60.6 Å². The van der Waals surface area contributed by atoms with Gasteiger partial charge in [0.05, 0.1) is 18.3 Å². The SMILES string of the molecule is COc1ccc(NC(=S)NC2(c3ccccn3)CCCC2)c2cccnc12. The van der Waals surface area contributed by atoms with Crippen molar-refractivity contribution in [3.8, 4) is 5.75 Å². The number of pyridine rings is 2. The van der Waals surface area contributed by atoms with Crippen LogP contribution in [0.25, 0.3) is 10.9 Å². The fourth-order valence-electron chi connectivity index (χ4n) is 3.86. The van der Waals surface area contributed by atoms with Crippen LogP contribution in [0.2, 0.25) is 0 Å². The Labute approximate surface area is 164 Å². The molecule has 1 saturated carbocycles. The summed E-state index contributed by atoms with van der Waals surface area (Å²) in [4.78, 5) is 9.03. The first-order chi connectivity index (χ1) is 13.2. The lowest BCUT2D eigenvalue weighted by Crippen LogP contribution is -2.46. The number of nitrogens with zero attached hydrogens (tertiary/aromatic N) is 2. The Morgan fingerprint density at radius 2 is 1.85 bits per heavy atom. The van der Waals surface area contributed by atoms with E-state index in [0.29, 0.717) is 5.11 Å². The summed E-state index contributed by atoms with van der Waals surface area (Å²) in [6.45, 7) is 0. The molecule has 1 aromatic carbocycles. The Morgan fingerprint density at radius 1 is 1.04 bits per heavy atom. The molecule has 4 rings (SSSR count). The molecule has 1 fully saturated rings. The summed E-state index contributed by atoms with van der Waals surface area (Å²) in [5.74, 6) is 0.746. The van der Waals surface area contributed by atoms with E-state index in [2.05, 4.69) is 26.7 Å². The lowest BCUT2D eigenvalue weighted by molar-refractivity contribution is 0.396. The van der Waals surface area contributed by atoms with Gasteiger partial charge in [-0.1, -0.05) is 18.9 Å². The van der Waals surface area contributed by atoms with Gasteiger partial charge in [-0.3, -0.25) is 9.97 Å². The molecule has 138 valence electrons. The quantitative estimate of drug-likeness (QED) is 0.657. The molecule has 0 aliphatic heterocycles. The third-order valence-corrected chi connectivity index (χ3v) is 5.37. The molecule has 0 unspecified atom stereocenters. The van der Waals surface area contributed by atoms with E-state index in [4.69, 9.17) is 17.0 Å². The van der Waals surface area contributed by atoms with Crippen molar-refractivity contribution in [1.82, 2.24) is 15.3 Å². The zero-order valence-corrected chi connectivity index (χ0v) is 16.1. The maximum Gasteiger partial charge on any atom is 0.171 e. The minimum absolute atomic E-state index is 0.203. The van der Waals surface area contributed by atoms with Crippen LogP contribution < -0.4 is 15.4 Å². The van der Waals surface area contributed by atoms with Crippen LogP contribution in [0.5, 0.6) is 5.75 Å². The molecule has 2 heterocycles. The van der Waals surface area contributed by atoms with Gasteiger partial charge in [-0.05, 0) is 61.5 Å². The van der Waals surface area contributed by atoms with Gasteiger partial charge in [0.25, 0.3) is 0 Å². The van der Waals surface area contributed by atoms with Gasteiger partial charge in [-0.25, -0.2) is 0 Å². The molecule has 2 aromatic heterocycles. The first-order valence-corrected chi connectivity index (χ1v) is 9.55. The van der Waals surface area contributed by atoms with E-state index >= 15 is 0 Å². The molecule has 27 heavy (non-hydrogen) atoms. The van der Waals surface area contributed by atoms with Gasteiger partial charge >= 0.3 is 0 Å². The van der Waals surface area contributed by atoms with E-state index in [1.54, 1.807) is 13.3 Å². The van der Waals surface area contributed by atoms with E-state index in [-0.39, 0.29) is 5.54 Å². The largest absolute Gasteiger partial charge is 0.494 e. The van der Waals surface area contributed by atoms with Crippen LogP contribution in [0.3, 0.4) is 0 Å². The smallest absolute Gasteiger partial charge is 0.171 e. The minimum Gasteiger partial charge on any atom is -0.494 e. The number of aromatic nitrogens is 2. The number of ether oxygens (including phenoxy) is 1. The summed E-state index contributed by atoms with van der Waals surface area (Å²) in [7, 11) is 1.65. The average molecular weight is 379 g/mol. The van der Waals surface area contributed by atoms with Gasteiger partial charge in [0, 0.05) is 23.5 Å². The molecule has 0 spiro atoms. The summed E-state index contributed by atoms with van der Waals surface area (Å²) in [6.07, 6.45) is 7.99. The third-order valence-electron chi connectivity index (χ3n) is 5.17. The summed E-state index contributed by atoms with van der Waals surface area (Å²) in [5, 5.41) is 8.48. The van der Waals surface area contributed by atoms with Crippen LogP contribution in [0.1, 0.15) is 31.4 Å². The molecule has 0 amide bonds. The second-order valence-corrected chi connectivity index (χ2v) is 7.21. The molecular formula is C21H22N4OS. The number of anilines is 1. The number of hydrogen-bond acceptors (Lipinski definition) is 4. The number of rotatable bonds is 4. The number of benzene rings is 1. The van der Waals surface area contributed by atoms with Crippen LogP contribution in [0.4, 0.5) is 5.69 Å². The highest BCUT2D eigenvalue weighted by Crippen LogP contribution is 2.38. The second kappa shape index (κ2) is 7.48. The second-order valence-electron chi connectivity index (χ2n) is 6.80. The first-order valence-electron chi connectivity index (χ1n) is 9.14. The molecule has 5 nitrogen and oxygen atoms in total. The van der Waals surface area contributed by atoms with E-state index in [0.717, 1.165) is 40.9 Å². The Balaban J connectivity index is 1.60. The lowest BCUT2D eigenvalue weighted by Gasteiger charge is -2.31. The molecule has 1 aliphatic rings. The van der Waals surface area contributed by atoms with Crippen molar-refractivity contribution in [2.75, 3.05) is 12.4 Å². The first kappa shape index (κ1) is 17.7. The summed E-state index contributed by atoms with van der Waals surface area (Å²) >= 11 is 5.67. The third kappa shape index (κ3) is 3.45. The van der Waals surface area contributed by atoms with E-state index in [9.17, 15) is 0 Å². The summed E-state index contributed by atoms with van der Waals surface area (Å²) in [6, 6.07) is 13.9. The van der Waals surface area contributed by atoms with Gasteiger partial charge < -0.3 is 15.4 Å². The van der Waals surface area contributed by atoms with Crippen molar-refractivity contribution in [2.24, 2.45) is 0 Å². The maximum absolute atomic E-state index is 5.67. The van der Waals surface area contributed by atoms with Crippen molar-refractivity contribution in [2.45, 2.75) is 31.2 Å². The lowest BCUT2D eigenvalue weighted by atomic mass is 9.93. The Bertz CT molecular complexity index is 955. The highest BCUT2D eigenvalue weighted by atomic mass is 32.1. The van der Waals surface area contributed by atoms with Crippen molar-refractivity contribution >= 4 is 33.9 Å². The number of thiocarbonyl (C=S) groups is 1. The number of nitrogens with one attached hydrogen (secondary N) is 2. The fourth-order valence-corrected chi connectivity index (χ4v) is 4.17. The Morgan fingerprint density at radius 3 is 2.59 bits per heavy atom. The molecule has 6 heteroatoms. The zero-order chi connectivity index (χ0) is 18.7. The van der Waals surface area contributed by atoms with Gasteiger partial charge in [-0.15, -0.1) is 0 Å². The Kier molecular flexibility index (Phi) is 4.90. The van der Waals surface area contributed by atoms with Crippen LogP contribution in [-0.2, 0) is 5.54 Å². The number of fused-ring (bicyclic) bond motifs is 1. The summed E-state index contributed by atoms with van der Waals surface area (Å²) in [5.41, 5.74) is 2.57. The highest BCUT2D eigenvalue weighted by Gasteiger charge is 2.37. The van der Waals surface area contributed by atoms with Gasteiger partial charge in [0.1, 0.15) is 11.3 Å². The maximum atomic E-state index is 5.67. The molecule has 1 aliphatic carbocycles. The fraction of sp³-hybridized carbons (Fsp3) is 0.286. The minimum atomic E-state index is -0.203. The summed E-state index contributed by atoms with van der Waals surface area (Å²) < 4.78 is 5.42. The normalized spacial score (nSPS) is 15.4. The predicted octanol–water partition coefficient (Wildman–Crippen LogP) is 4.39. The van der Waals surface area contributed by atoms with Crippen molar-refractivity contribution in [3.63, 3.8) is 0 Å². The molecule has 0 atom stereocenters. The van der Waals surface area contributed by atoms with Crippen LogP contribution in [-0.4, -0.2) is 22.2 Å². The molecular weight excluding hydrogens is 356 g/mol. The van der Waals surface area contributed by atoms with Gasteiger partial charge in [0.2, 0.25) is 0 Å². The Hall–Kier alpha value is -2.73. The van der Waals surface area contributed by atoms with Crippen molar-refractivity contribution < 1.29 is 4.74 Å². The number of methoxy groups -OCH3 is 1. The topological polar surface area (TPSA) is 59.1 Å². The molecule has 0 bridgehead atoms. The predicted molar refractivity (Wildman–Crippen MR) is 112 cm³/mol.